The van der Waals surface area contributed by atoms with Crippen LogP contribution in [0.5, 0.6) is 0 Å². The normalized spacial score (nSPS) is 23.3. The summed E-state index contributed by atoms with van der Waals surface area (Å²) in [6.45, 7) is 1.71. The number of pyridine rings is 1. The second-order valence-electron chi connectivity index (χ2n) is 4.68. The molecule has 0 amide bonds. The molecular formula is C14H15BrN2O. The summed E-state index contributed by atoms with van der Waals surface area (Å²) in [6, 6.07) is 2.05. The lowest BCUT2D eigenvalue weighted by Crippen LogP contribution is -2.15. The van der Waals surface area contributed by atoms with Gasteiger partial charge in [0.15, 0.2) is 0 Å². The topological polar surface area (TPSA) is 34.5 Å². The van der Waals surface area contributed by atoms with Crippen LogP contribution in [0, 0.1) is 5.92 Å². The zero-order valence-electron chi connectivity index (χ0n) is 10.1. The highest BCUT2D eigenvalue weighted by Gasteiger charge is 2.23. The van der Waals surface area contributed by atoms with E-state index in [0.29, 0.717) is 5.92 Å². The van der Waals surface area contributed by atoms with Crippen LogP contribution in [0.2, 0.25) is 0 Å². The molecule has 2 aliphatic heterocycles. The van der Waals surface area contributed by atoms with Gasteiger partial charge in [0, 0.05) is 41.0 Å². The number of ether oxygens (including phenoxy) is 1. The maximum Gasteiger partial charge on any atom is 0.101 e. The lowest BCUT2D eigenvalue weighted by molar-refractivity contribution is 0.126. The van der Waals surface area contributed by atoms with Crippen LogP contribution in [0.15, 0.2) is 39.8 Å². The van der Waals surface area contributed by atoms with Crippen LogP contribution in [0.25, 0.3) is 0 Å². The van der Waals surface area contributed by atoms with E-state index in [0.717, 1.165) is 47.5 Å². The number of hydrogen-bond donors (Lipinski definition) is 0. The summed E-state index contributed by atoms with van der Waals surface area (Å²) < 4.78 is 6.77. The SMILES string of the molecule is Brc1cncc(C2=NCCC3CCCOC3=C2)c1. The zero-order valence-corrected chi connectivity index (χ0v) is 11.7. The first kappa shape index (κ1) is 11.9. The number of rotatable bonds is 1. The third kappa shape index (κ3) is 2.48. The number of nitrogens with zero attached hydrogens (tertiary/aromatic N) is 2. The van der Waals surface area contributed by atoms with E-state index in [2.05, 4.69) is 32.0 Å². The Hall–Kier alpha value is -1.16. The Labute approximate surface area is 115 Å². The Morgan fingerprint density at radius 2 is 2.22 bits per heavy atom. The van der Waals surface area contributed by atoms with Crippen LogP contribution < -0.4 is 0 Å². The van der Waals surface area contributed by atoms with Crippen LogP contribution in [-0.4, -0.2) is 23.8 Å². The van der Waals surface area contributed by atoms with Crippen LogP contribution >= 0.6 is 15.9 Å². The minimum atomic E-state index is 0.556. The monoisotopic (exact) mass is 306 g/mol. The fourth-order valence-electron chi connectivity index (χ4n) is 2.47. The molecule has 1 atom stereocenters. The molecule has 3 heterocycles. The predicted molar refractivity (Wildman–Crippen MR) is 74.7 cm³/mol. The second-order valence-corrected chi connectivity index (χ2v) is 5.60. The molecular weight excluding hydrogens is 292 g/mol. The molecule has 3 nitrogen and oxygen atoms in total. The lowest BCUT2D eigenvalue weighted by atomic mass is 9.95. The van der Waals surface area contributed by atoms with Gasteiger partial charge in [0.2, 0.25) is 0 Å². The zero-order chi connectivity index (χ0) is 12.4. The summed E-state index contributed by atoms with van der Waals surface area (Å²) in [5.41, 5.74) is 2.04. The molecule has 1 aromatic heterocycles. The first-order valence-electron chi connectivity index (χ1n) is 6.33. The first-order valence-corrected chi connectivity index (χ1v) is 7.12. The summed E-state index contributed by atoms with van der Waals surface area (Å²) in [7, 11) is 0. The number of allylic oxidation sites excluding steroid dienone is 2. The van der Waals surface area contributed by atoms with Crippen LogP contribution in [0.3, 0.4) is 0 Å². The Balaban J connectivity index is 1.93. The Bertz CT molecular complexity index is 510. The van der Waals surface area contributed by atoms with Crippen LogP contribution in [-0.2, 0) is 4.74 Å². The van der Waals surface area contributed by atoms with Gasteiger partial charge >= 0.3 is 0 Å². The van der Waals surface area contributed by atoms with E-state index in [9.17, 15) is 0 Å². The highest BCUT2D eigenvalue weighted by atomic mass is 79.9. The molecule has 1 fully saturated rings. The van der Waals surface area contributed by atoms with Gasteiger partial charge in [-0.3, -0.25) is 9.98 Å². The minimum Gasteiger partial charge on any atom is -0.498 e. The number of halogens is 1. The van der Waals surface area contributed by atoms with E-state index in [1.807, 2.05) is 12.3 Å². The van der Waals surface area contributed by atoms with Crippen molar-refractivity contribution in [1.82, 2.24) is 4.98 Å². The van der Waals surface area contributed by atoms with Crippen molar-refractivity contribution in [3.63, 3.8) is 0 Å². The summed E-state index contributed by atoms with van der Waals surface area (Å²) in [5.74, 6) is 1.66. The average molecular weight is 307 g/mol. The molecule has 1 unspecified atom stereocenters. The average Bonchev–Trinajstić information content (AvgIpc) is 2.60. The minimum absolute atomic E-state index is 0.556. The van der Waals surface area contributed by atoms with E-state index in [4.69, 9.17) is 4.74 Å². The second kappa shape index (κ2) is 5.22. The highest BCUT2D eigenvalue weighted by Crippen LogP contribution is 2.29. The molecule has 3 rings (SSSR count). The largest absolute Gasteiger partial charge is 0.498 e. The molecule has 0 saturated carbocycles. The van der Waals surface area contributed by atoms with Gasteiger partial charge < -0.3 is 4.74 Å². The van der Waals surface area contributed by atoms with E-state index in [1.165, 1.54) is 6.42 Å². The molecule has 1 aromatic rings. The Morgan fingerprint density at radius 1 is 1.28 bits per heavy atom. The van der Waals surface area contributed by atoms with Crippen LogP contribution in [0.4, 0.5) is 0 Å². The Kier molecular flexibility index (Phi) is 3.46. The first-order chi connectivity index (χ1) is 8.83. The lowest BCUT2D eigenvalue weighted by Gasteiger charge is -2.24. The van der Waals surface area contributed by atoms with Crippen molar-refractivity contribution < 1.29 is 4.74 Å². The van der Waals surface area contributed by atoms with Crippen molar-refractivity contribution in [3.05, 3.63) is 40.3 Å². The quantitative estimate of drug-likeness (QED) is 0.797. The molecule has 0 aliphatic carbocycles. The van der Waals surface area contributed by atoms with Crippen molar-refractivity contribution >= 4 is 21.6 Å². The maximum absolute atomic E-state index is 5.79. The number of aromatic nitrogens is 1. The van der Waals surface area contributed by atoms with E-state index in [1.54, 1.807) is 6.20 Å². The van der Waals surface area contributed by atoms with Gasteiger partial charge in [0.1, 0.15) is 5.76 Å². The van der Waals surface area contributed by atoms with Gasteiger partial charge in [0.05, 0.1) is 12.3 Å². The maximum atomic E-state index is 5.79. The van der Waals surface area contributed by atoms with Crippen LogP contribution in [0.1, 0.15) is 24.8 Å². The smallest absolute Gasteiger partial charge is 0.101 e. The highest BCUT2D eigenvalue weighted by molar-refractivity contribution is 9.10. The Morgan fingerprint density at radius 3 is 3.11 bits per heavy atom. The fourth-order valence-corrected chi connectivity index (χ4v) is 2.84. The third-order valence-corrected chi connectivity index (χ3v) is 3.84. The molecule has 94 valence electrons. The number of hydrogen-bond acceptors (Lipinski definition) is 3. The molecule has 1 saturated heterocycles. The summed E-state index contributed by atoms with van der Waals surface area (Å²) in [4.78, 5) is 8.85. The predicted octanol–water partition coefficient (Wildman–Crippen LogP) is 3.35. The van der Waals surface area contributed by atoms with Gasteiger partial charge in [0.25, 0.3) is 0 Å². The molecule has 0 bridgehead atoms. The van der Waals surface area contributed by atoms with Gasteiger partial charge in [-0.05, 0) is 41.3 Å². The van der Waals surface area contributed by atoms with Gasteiger partial charge in [-0.2, -0.15) is 0 Å². The molecule has 4 heteroatoms. The molecule has 0 radical (unpaired) electrons. The van der Waals surface area contributed by atoms with Gasteiger partial charge in [-0.25, -0.2) is 0 Å². The standard InChI is InChI=1S/C14H15BrN2O/c15-12-6-11(8-16-9-12)13-7-14-10(3-4-17-13)2-1-5-18-14/h6-10H,1-5H2. The van der Waals surface area contributed by atoms with Crippen molar-refractivity contribution in [1.29, 1.82) is 0 Å². The van der Waals surface area contributed by atoms with Crippen molar-refractivity contribution in [3.8, 4) is 0 Å². The summed E-state index contributed by atoms with van der Waals surface area (Å²) >= 11 is 3.45. The van der Waals surface area contributed by atoms with E-state index in [-0.39, 0.29) is 0 Å². The summed E-state index contributed by atoms with van der Waals surface area (Å²) in [6.07, 6.45) is 9.22. The van der Waals surface area contributed by atoms with E-state index >= 15 is 0 Å². The molecule has 0 aromatic carbocycles. The molecule has 18 heavy (non-hydrogen) atoms. The van der Waals surface area contributed by atoms with Crippen molar-refractivity contribution in [2.24, 2.45) is 10.9 Å². The van der Waals surface area contributed by atoms with Gasteiger partial charge in [-0.15, -0.1) is 0 Å². The van der Waals surface area contributed by atoms with Crippen molar-refractivity contribution in [2.75, 3.05) is 13.2 Å². The van der Waals surface area contributed by atoms with Gasteiger partial charge in [-0.1, -0.05) is 0 Å². The third-order valence-electron chi connectivity index (χ3n) is 3.41. The molecule has 0 spiro atoms. The number of fused-ring (bicyclic) bond motifs is 1. The molecule has 0 N–H and O–H groups in total. The van der Waals surface area contributed by atoms with Crippen molar-refractivity contribution in [2.45, 2.75) is 19.3 Å². The summed E-state index contributed by atoms with van der Waals surface area (Å²) in [5, 5.41) is 0. The van der Waals surface area contributed by atoms with E-state index < -0.39 is 0 Å². The number of aliphatic imine (C=N–C) groups is 1. The fraction of sp³-hybridized carbons (Fsp3) is 0.429. The molecule has 2 aliphatic rings.